The molecule has 16 heavy (non-hydrogen) atoms. The Morgan fingerprint density at radius 3 is 2.56 bits per heavy atom. The van der Waals surface area contributed by atoms with Crippen LogP contribution in [0.15, 0.2) is 24.3 Å². The van der Waals surface area contributed by atoms with Gasteiger partial charge in [0.2, 0.25) is 0 Å². The minimum Gasteiger partial charge on any atom is -0.496 e. The van der Waals surface area contributed by atoms with Crippen molar-refractivity contribution < 1.29 is 14.1 Å². The van der Waals surface area contributed by atoms with E-state index in [2.05, 4.69) is 0 Å². The lowest BCUT2D eigenvalue weighted by atomic mass is 10.2. The molecule has 0 bridgehead atoms. The first-order chi connectivity index (χ1) is 7.56. The van der Waals surface area contributed by atoms with E-state index < -0.39 is 7.80 Å². The summed E-state index contributed by atoms with van der Waals surface area (Å²) in [7, 11) is -0.347. The fraction of sp³-hybridized carbons (Fsp3) is 0.417. The van der Waals surface area contributed by atoms with E-state index in [1.807, 2.05) is 13.8 Å². The predicted octanol–water partition coefficient (Wildman–Crippen LogP) is 3.32. The van der Waals surface area contributed by atoms with Crippen molar-refractivity contribution in [3.63, 3.8) is 0 Å². The van der Waals surface area contributed by atoms with Crippen LogP contribution in [0.5, 0.6) is 5.75 Å². The van der Waals surface area contributed by atoms with Gasteiger partial charge < -0.3 is 4.74 Å². The van der Waals surface area contributed by atoms with Crippen LogP contribution in [0.2, 0.25) is 0 Å². The summed E-state index contributed by atoms with van der Waals surface area (Å²) in [6.07, 6.45) is 0.423. The van der Waals surface area contributed by atoms with Gasteiger partial charge >= 0.3 is 13.3 Å². The Kier molecular flexibility index (Phi) is 4.63. The molecule has 0 aliphatic heterocycles. The molecule has 0 saturated carbocycles. The molecule has 1 unspecified atom stereocenters. The van der Waals surface area contributed by atoms with Crippen molar-refractivity contribution in [1.29, 1.82) is 0 Å². The van der Waals surface area contributed by atoms with Gasteiger partial charge in [-0.3, -0.25) is 0 Å². The van der Waals surface area contributed by atoms with Gasteiger partial charge in [-0.25, -0.2) is 4.79 Å². The SMILES string of the molecule is COc1ccccc1C(=O)[P+](=O)CC(C)C. The van der Waals surface area contributed by atoms with Crippen LogP contribution in [-0.4, -0.2) is 18.8 Å². The van der Waals surface area contributed by atoms with Crippen molar-refractivity contribution in [3.8, 4) is 5.75 Å². The van der Waals surface area contributed by atoms with Gasteiger partial charge in [-0.05, 0) is 18.1 Å². The quantitative estimate of drug-likeness (QED) is 0.740. The maximum Gasteiger partial charge on any atom is 0.420 e. The third-order valence-electron chi connectivity index (χ3n) is 2.09. The van der Waals surface area contributed by atoms with Gasteiger partial charge in [0.15, 0.2) is 6.16 Å². The van der Waals surface area contributed by atoms with Gasteiger partial charge in [-0.15, -0.1) is 0 Å². The van der Waals surface area contributed by atoms with Gasteiger partial charge in [-0.2, -0.15) is 0 Å². The lowest BCUT2D eigenvalue weighted by molar-refractivity contribution is 0.107. The molecular formula is C12H16O3P+. The summed E-state index contributed by atoms with van der Waals surface area (Å²) >= 11 is 0. The number of hydrogen-bond donors (Lipinski definition) is 0. The largest absolute Gasteiger partial charge is 0.496 e. The van der Waals surface area contributed by atoms with Crippen LogP contribution in [-0.2, 0) is 4.57 Å². The molecule has 1 atom stereocenters. The number of hydrogen-bond acceptors (Lipinski definition) is 3. The van der Waals surface area contributed by atoms with E-state index in [1.165, 1.54) is 7.11 Å². The minimum absolute atomic E-state index is 0.252. The molecule has 1 aromatic carbocycles. The molecule has 86 valence electrons. The molecule has 3 nitrogen and oxygen atoms in total. The zero-order chi connectivity index (χ0) is 12.1. The zero-order valence-electron chi connectivity index (χ0n) is 9.77. The van der Waals surface area contributed by atoms with Crippen molar-refractivity contribution >= 4 is 13.3 Å². The van der Waals surface area contributed by atoms with Crippen LogP contribution in [0.3, 0.4) is 0 Å². The highest BCUT2D eigenvalue weighted by Gasteiger charge is 2.32. The number of benzene rings is 1. The van der Waals surface area contributed by atoms with Crippen molar-refractivity contribution in [1.82, 2.24) is 0 Å². The zero-order valence-corrected chi connectivity index (χ0v) is 10.7. The second-order valence-electron chi connectivity index (χ2n) is 3.96. The molecular weight excluding hydrogens is 223 g/mol. The average molecular weight is 239 g/mol. The van der Waals surface area contributed by atoms with E-state index in [-0.39, 0.29) is 11.4 Å². The van der Waals surface area contributed by atoms with Gasteiger partial charge in [0.25, 0.3) is 0 Å². The van der Waals surface area contributed by atoms with Crippen LogP contribution in [0.25, 0.3) is 0 Å². The van der Waals surface area contributed by atoms with Crippen LogP contribution in [0, 0.1) is 5.92 Å². The highest BCUT2D eigenvalue weighted by molar-refractivity contribution is 7.64. The summed E-state index contributed by atoms with van der Waals surface area (Å²) in [4.78, 5) is 11.9. The molecule has 1 aromatic rings. The summed E-state index contributed by atoms with van der Waals surface area (Å²) in [6, 6.07) is 6.87. The number of para-hydroxylation sites is 1. The maximum atomic E-state index is 11.9. The maximum absolute atomic E-state index is 11.9. The van der Waals surface area contributed by atoms with Crippen LogP contribution in [0.4, 0.5) is 0 Å². The highest BCUT2D eigenvalue weighted by Crippen LogP contribution is 2.32. The number of carbonyl (C=O) groups is 1. The Labute approximate surface area is 96.6 Å². The molecule has 0 saturated heterocycles. The fourth-order valence-electron chi connectivity index (χ4n) is 1.37. The average Bonchev–Trinajstić information content (AvgIpc) is 2.27. The predicted molar refractivity (Wildman–Crippen MR) is 64.6 cm³/mol. The summed E-state index contributed by atoms with van der Waals surface area (Å²) in [5.41, 5.74) is 0.0907. The molecule has 0 aliphatic rings. The number of carbonyl (C=O) groups excluding carboxylic acids is 1. The smallest absolute Gasteiger partial charge is 0.420 e. The second kappa shape index (κ2) is 5.76. The Morgan fingerprint density at radius 2 is 2.00 bits per heavy atom. The van der Waals surface area contributed by atoms with Crippen molar-refractivity contribution in [2.24, 2.45) is 5.92 Å². The van der Waals surface area contributed by atoms with Crippen molar-refractivity contribution in [3.05, 3.63) is 29.8 Å². The standard InChI is InChI=1S/C12H16O3P/c1-9(2)8-16(14)12(13)10-6-4-5-7-11(10)15-3/h4-7,9H,8H2,1-3H3/q+1. The van der Waals surface area contributed by atoms with E-state index in [1.54, 1.807) is 24.3 Å². The van der Waals surface area contributed by atoms with Crippen LogP contribution < -0.4 is 4.74 Å². The van der Waals surface area contributed by atoms with Gasteiger partial charge in [0, 0.05) is 0 Å². The highest BCUT2D eigenvalue weighted by atomic mass is 31.1. The molecule has 0 fully saturated rings. The Hall–Kier alpha value is -1.21. The van der Waals surface area contributed by atoms with Crippen LogP contribution in [0.1, 0.15) is 24.2 Å². The topological polar surface area (TPSA) is 43.4 Å². The number of methoxy groups -OCH3 is 1. The third kappa shape index (κ3) is 3.14. The molecule has 4 heteroatoms. The molecule has 0 aliphatic carbocycles. The number of ether oxygens (including phenoxy) is 1. The van der Waals surface area contributed by atoms with Gasteiger partial charge in [-0.1, -0.05) is 30.5 Å². The first-order valence-corrected chi connectivity index (χ1v) is 6.62. The summed E-state index contributed by atoms with van der Waals surface area (Å²) in [5, 5.41) is 0. The van der Waals surface area contributed by atoms with E-state index in [0.29, 0.717) is 17.5 Å². The first kappa shape index (κ1) is 12.9. The fourth-order valence-corrected chi connectivity index (χ4v) is 2.65. The molecule has 0 heterocycles. The molecule has 0 aromatic heterocycles. The van der Waals surface area contributed by atoms with Crippen LogP contribution >= 0.6 is 7.80 Å². The summed E-state index contributed by atoms with van der Waals surface area (Å²) in [6.45, 7) is 3.89. The van der Waals surface area contributed by atoms with E-state index >= 15 is 0 Å². The Bertz CT molecular complexity index is 399. The number of rotatable bonds is 5. The minimum atomic E-state index is -1.85. The monoisotopic (exact) mass is 239 g/mol. The van der Waals surface area contributed by atoms with Crippen molar-refractivity contribution in [2.45, 2.75) is 13.8 Å². The summed E-state index contributed by atoms with van der Waals surface area (Å²) < 4.78 is 16.8. The molecule has 1 rings (SSSR count). The Balaban J connectivity index is 2.92. The molecule has 0 amide bonds. The lowest BCUT2D eigenvalue weighted by Crippen LogP contribution is -2.01. The normalized spacial score (nSPS) is 11.4. The second-order valence-corrected chi connectivity index (χ2v) is 5.49. The lowest BCUT2D eigenvalue weighted by Gasteiger charge is -2.02. The molecule has 0 spiro atoms. The van der Waals surface area contributed by atoms with E-state index in [9.17, 15) is 9.36 Å². The van der Waals surface area contributed by atoms with Crippen molar-refractivity contribution in [2.75, 3.05) is 13.3 Å². The van der Waals surface area contributed by atoms with Gasteiger partial charge in [0.05, 0.1) is 7.11 Å². The van der Waals surface area contributed by atoms with Gasteiger partial charge in [0.1, 0.15) is 11.3 Å². The molecule has 0 radical (unpaired) electrons. The Morgan fingerprint density at radius 1 is 1.38 bits per heavy atom. The summed E-state index contributed by atoms with van der Waals surface area (Å²) in [5.74, 6) is 0.738. The third-order valence-corrected chi connectivity index (χ3v) is 3.85. The first-order valence-electron chi connectivity index (χ1n) is 5.18. The van der Waals surface area contributed by atoms with E-state index in [0.717, 1.165) is 0 Å². The van der Waals surface area contributed by atoms with E-state index in [4.69, 9.17) is 4.74 Å². The molecule has 0 N–H and O–H groups in total.